The Balaban J connectivity index is 2.17. The maximum atomic E-state index is 11.9. The van der Waals surface area contributed by atoms with E-state index in [4.69, 9.17) is 0 Å². The number of aromatic nitrogens is 1. The molecule has 0 aromatic carbocycles. The SMILES string of the molecule is Cc1cncc(C(=O)C2CCCN2)c1. The molecule has 0 radical (unpaired) electrons. The van der Waals surface area contributed by atoms with Crippen LogP contribution in [0.25, 0.3) is 0 Å². The first-order valence-corrected chi connectivity index (χ1v) is 4.96. The van der Waals surface area contributed by atoms with E-state index in [1.165, 1.54) is 0 Å². The molecule has 1 aromatic rings. The van der Waals surface area contributed by atoms with E-state index in [2.05, 4.69) is 10.3 Å². The Morgan fingerprint density at radius 1 is 1.57 bits per heavy atom. The maximum Gasteiger partial charge on any atom is 0.181 e. The summed E-state index contributed by atoms with van der Waals surface area (Å²) in [7, 11) is 0. The lowest BCUT2D eigenvalue weighted by molar-refractivity contribution is 0.0952. The van der Waals surface area contributed by atoms with Gasteiger partial charge in [0.1, 0.15) is 0 Å². The van der Waals surface area contributed by atoms with Crippen LogP contribution in [0.15, 0.2) is 18.5 Å². The fourth-order valence-corrected chi connectivity index (χ4v) is 1.80. The highest BCUT2D eigenvalue weighted by Crippen LogP contribution is 2.12. The number of Topliss-reactive ketones (excluding diaryl/α,β-unsaturated/α-hetero) is 1. The highest BCUT2D eigenvalue weighted by molar-refractivity contribution is 6.00. The molecular weight excluding hydrogens is 176 g/mol. The van der Waals surface area contributed by atoms with Crippen molar-refractivity contribution in [3.8, 4) is 0 Å². The first-order chi connectivity index (χ1) is 6.77. The van der Waals surface area contributed by atoms with E-state index in [-0.39, 0.29) is 11.8 Å². The third-order valence-electron chi connectivity index (χ3n) is 2.54. The van der Waals surface area contributed by atoms with E-state index in [9.17, 15) is 4.79 Å². The Morgan fingerprint density at radius 3 is 3.07 bits per heavy atom. The second kappa shape index (κ2) is 3.88. The summed E-state index contributed by atoms with van der Waals surface area (Å²) in [5.74, 6) is 0.179. The molecule has 14 heavy (non-hydrogen) atoms. The molecule has 0 spiro atoms. The zero-order chi connectivity index (χ0) is 9.97. The summed E-state index contributed by atoms with van der Waals surface area (Å²) in [4.78, 5) is 15.9. The standard InChI is InChI=1S/C11H14N2O/c1-8-5-9(7-12-6-8)11(14)10-3-2-4-13-10/h5-7,10,13H,2-4H2,1H3. The van der Waals surface area contributed by atoms with E-state index in [1.807, 2.05) is 13.0 Å². The molecule has 3 nitrogen and oxygen atoms in total. The summed E-state index contributed by atoms with van der Waals surface area (Å²) >= 11 is 0. The van der Waals surface area contributed by atoms with Gasteiger partial charge in [0.25, 0.3) is 0 Å². The van der Waals surface area contributed by atoms with Gasteiger partial charge in [-0.25, -0.2) is 0 Å². The van der Waals surface area contributed by atoms with Crippen molar-refractivity contribution < 1.29 is 4.79 Å². The van der Waals surface area contributed by atoms with Crippen LogP contribution in [0, 0.1) is 6.92 Å². The van der Waals surface area contributed by atoms with E-state index < -0.39 is 0 Å². The number of hydrogen-bond donors (Lipinski definition) is 1. The third-order valence-corrected chi connectivity index (χ3v) is 2.54. The molecule has 2 rings (SSSR count). The average molecular weight is 190 g/mol. The fraction of sp³-hybridized carbons (Fsp3) is 0.455. The summed E-state index contributed by atoms with van der Waals surface area (Å²) in [5.41, 5.74) is 1.76. The van der Waals surface area contributed by atoms with Crippen LogP contribution in [0.3, 0.4) is 0 Å². The zero-order valence-electron chi connectivity index (χ0n) is 8.29. The van der Waals surface area contributed by atoms with Crippen LogP contribution >= 0.6 is 0 Å². The Labute approximate surface area is 83.5 Å². The van der Waals surface area contributed by atoms with Gasteiger partial charge in [0.15, 0.2) is 5.78 Å². The van der Waals surface area contributed by atoms with E-state index in [0.29, 0.717) is 0 Å². The average Bonchev–Trinajstić information content (AvgIpc) is 2.69. The zero-order valence-corrected chi connectivity index (χ0v) is 8.29. The lowest BCUT2D eigenvalue weighted by atomic mass is 10.0. The van der Waals surface area contributed by atoms with Gasteiger partial charge in [0.2, 0.25) is 0 Å². The summed E-state index contributed by atoms with van der Waals surface area (Å²) in [6, 6.07) is 1.91. The van der Waals surface area contributed by atoms with Crippen molar-refractivity contribution in [2.45, 2.75) is 25.8 Å². The summed E-state index contributed by atoms with van der Waals surface area (Å²) in [5, 5.41) is 3.20. The Morgan fingerprint density at radius 2 is 2.43 bits per heavy atom. The number of nitrogens with zero attached hydrogens (tertiary/aromatic N) is 1. The first kappa shape index (κ1) is 9.34. The lowest BCUT2D eigenvalue weighted by Gasteiger charge is -2.08. The lowest BCUT2D eigenvalue weighted by Crippen LogP contribution is -2.30. The van der Waals surface area contributed by atoms with Crippen molar-refractivity contribution in [3.63, 3.8) is 0 Å². The van der Waals surface area contributed by atoms with Crippen molar-refractivity contribution in [2.24, 2.45) is 0 Å². The topological polar surface area (TPSA) is 42.0 Å². The van der Waals surface area contributed by atoms with Gasteiger partial charge in [-0.3, -0.25) is 9.78 Å². The van der Waals surface area contributed by atoms with Gasteiger partial charge in [-0.05, 0) is 37.9 Å². The van der Waals surface area contributed by atoms with Crippen LogP contribution in [0.4, 0.5) is 0 Å². The highest BCUT2D eigenvalue weighted by Gasteiger charge is 2.23. The maximum absolute atomic E-state index is 11.9. The summed E-state index contributed by atoms with van der Waals surface area (Å²) in [6.45, 7) is 2.90. The summed E-state index contributed by atoms with van der Waals surface area (Å²) < 4.78 is 0. The Hall–Kier alpha value is -1.22. The van der Waals surface area contributed by atoms with Crippen LogP contribution < -0.4 is 5.32 Å². The van der Waals surface area contributed by atoms with Gasteiger partial charge in [0.05, 0.1) is 6.04 Å². The fourth-order valence-electron chi connectivity index (χ4n) is 1.80. The summed E-state index contributed by atoms with van der Waals surface area (Å²) in [6.07, 6.45) is 5.45. The van der Waals surface area contributed by atoms with Crippen LogP contribution in [-0.4, -0.2) is 23.4 Å². The Kier molecular flexibility index (Phi) is 2.59. The van der Waals surface area contributed by atoms with Gasteiger partial charge >= 0.3 is 0 Å². The predicted octanol–water partition coefficient (Wildman–Crippen LogP) is 1.32. The molecule has 74 valence electrons. The van der Waals surface area contributed by atoms with Crippen LogP contribution in [0.5, 0.6) is 0 Å². The number of hydrogen-bond acceptors (Lipinski definition) is 3. The highest BCUT2D eigenvalue weighted by atomic mass is 16.1. The quantitative estimate of drug-likeness (QED) is 0.715. The number of pyridine rings is 1. The van der Waals surface area contributed by atoms with E-state index in [0.717, 1.165) is 30.5 Å². The molecule has 1 fully saturated rings. The number of ketones is 1. The minimum Gasteiger partial charge on any atom is -0.307 e. The van der Waals surface area contributed by atoms with Crippen LogP contribution in [-0.2, 0) is 0 Å². The van der Waals surface area contributed by atoms with Gasteiger partial charge in [-0.2, -0.15) is 0 Å². The smallest absolute Gasteiger partial charge is 0.181 e. The number of carbonyl (C=O) groups is 1. The molecule has 0 saturated carbocycles. The minimum atomic E-state index is 0.0126. The molecule has 0 amide bonds. The Bertz CT molecular complexity index is 343. The molecule has 1 aromatic heterocycles. The molecule has 2 heterocycles. The third kappa shape index (κ3) is 1.82. The second-order valence-corrected chi connectivity index (χ2v) is 3.76. The van der Waals surface area contributed by atoms with Crippen molar-refractivity contribution in [1.29, 1.82) is 0 Å². The van der Waals surface area contributed by atoms with Gasteiger partial charge in [-0.1, -0.05) is 0 Å². The molecule has 3 heteroatoms. The van der Waals surface area contributed by atoms with Crippen LogP contribution in [0.2, 0.25) is 0 Å². The van der Waals surface area contributed by atoms with Crippen molar-refractivity contribution in [3.05, 3.63) is 29.6 Å². The first-order valence-electron chi connectivity index (χ1n) is 4.96. The molecule has 1 aliphatic rings. The predicted molar refractivity (Wildman–Crippen MR) is 54.3 cm³/mol. The largest absolute Gasteiger partial charge is 0.307 e. The molecule has 1 atom stereocenters. The normalized spacial score (nSPS) is 21.1. The number of nitrogens with one attached hydrogen (secondary N) is 1. The van der Waals surface area contributed by atoms with E-state index in [1.54, 1.807) is 12.4 Å². The minimum absolute atomic E-state index is 0.0126. The van der Waals surface area contributed by atoms with Gasteiger partial charge in [0, 0.05) is 18.0 Å². The number of aryl methyl sites for hydroxylation is 1. The van der Waals surface area contributed by atoms with Gasteiger partial charge in [-0.15, -0.1) is 0 Å². The molecule has 0 bridgehead atoms. The monoisotopic (exact) mass is 190 g/mol. The molecular formula is C11H14N2O. The second-order valence-electron chi connectivity index (χ2n) is 3.76. The van der Waals surface area contributed by atoms with Crippen molar-refractivity contribution in [1.82, 2.24) is 10.3 Å². The molecule has 1 saturated heterocycles. The van der Waals surface area contributed by atoms with Crippen molar-refractivity contribution in [2.75, 3.05) is 6.54 Å². The van der Waals surface area contributed by atoms with E-state index >= 15 is 0 Å². The van der Waals surface area contributed by atoms with Crippen LogP contribution in [0.1, 0.15) is 28.8 Å². The van der Waals surface area contributed by atoms with Crippen molar-refractivity contribution >= 4 is 5.78 Å². The molecule has 1 aliphatic heterocycles. The number of carbonyl (C=O) groups excluding carboxylic acids is 1. The number of rotatable bonds is 2. The molecule has 1 N–H and O–H groups in total. The molecule has 0 aliphatic carbocycles. The van der Waals surface area contributed by atoms with Gasteiger partial charge < -0.3 is 5.32 Å². The molecule has 1 unspecified atom stereocenters.